The Balaban J connectivity index is 2.67. The van der Waals surface area contributed by atoms with Crippen molar-refractivity contribution in [2.75, 3.05) is 11.9 Å². The summed E-state index contributed by atoms with van der Waals surface area (Å²) in [6.45, 7) is 3.75. The SMILES string of the molecule is CCOC(=O)/C=C(/C)Nc1ccc([N+](=O)[O-])cc1. The number of nitro benzene ring substituents is 1. The maximum Gasteiger partial charge on any atom is 0.332 e. The molecule has 0 saturated heterocycles. The lowest BCUT2D eigenvalue weighted by Gasteiger charge is -2.06. The number of ether oxygens (including phenoxy) is 1. The maximum atomic E-state index is 11.2. The van der Waals surface area contributed by atoms with Crippen LogP contribution in [0.15, 0.2) is 36.0 Å². The highest BCUT2D eigenvalue weighted by Gasteiger charge is 2.04. The lowest BCUT2D eigenvalue weighted by molar-refractivity contribution is -0.384. The molecule has 96 valence electrons. The molecule has 1 aromatic rings. The Labute approximate surface area is 104 Å². The van der Waals surface area contributed by atoms with Crippen molar-refractivity contribution in [3.63, 3.8) is 0 Å². The van der Waals surface area contributed by atoms with Crippen LogP contribution in [-0.2, 0) is 9.53 Å². The Kier molecular flexibility index (Phi) is 4.86. The number of non-ortho nitro benzene ring substituents is 1. The van der Waals surface area contributed by atoms with Gasteiger partial charge in [0, 0.05) is 29.6 Å². The van der Waals surface area contributed by atoms with Crippen LogP contribution in [0.25, 0.3) is 0 Å². The van der Waals surface area contributed by atoms with E-state index in [0.717, 1.165) is 0 Å². The first kappa shape index (κ1) is 13.7. The van der Waals surface area contributed by atoms with Gasteiger partial charge in [0.05, 0.1) is 11.5 Å². The van der Waals surface area contributed by atoms with E-state index in [0.29, 0.717) is 18.0 Å². The number of benzene rings is 1. The van der Waals surface area contributed by atoms with Gasteiger partial charge in [0.25, 0.3) is 5.69 Å². The molecule has 0 atom stereocenters. The van der Waals surface area contributed by atoms with E-state index in [2.05, 4.69) is 5.32 Å². The molecular weight excluding hydrogens is 236 g/mol. The topological polar surface area (TPSA) is 81.5 Å². The molecule has 0 aliphatic heterocycles. The Hall–Kier alpha value is -2.37. The molecule has 1 rings (SSSR count). The summed E-state index contributed by atoms with van der Waals surface area (Å²) in [6, 6.07) is 5.92. The zero-order valence-electron chi connectivity index (χ0n) is 10.2. The van der Waals surface area contributed by atoms with Crippen LogP contribution in [0.5, 0.6) is 0 Å². The lowest BCUT2D eigenvalue weighted by atomic mass is 10.2. The smallest absolute Gasteiger partial charge is 0.332 e. The number of nitro groups is 1. The minimum Gasteiger partial charge on any atom is -0.463 e. The fourth-order valence-electron chi connectivity index (χ4n) is 1.29. The molecule has 0 unspecified atom stereocenters. The molecule has 0 aliphatic carbocycles. The van der Waals surface area contributed by atoms with E-state index in [1.54, 1.807) is 26.0 Å². The van der Waals surface area contributed by atoms with E-state index in [1.165, 1.54) is 18.2 Å². The minimum absolute atomic E-state index is 0.0209. The number of esters is 1. The van der Waals surface area contributed by atoms with Crippen molar-refractivity contribution in [2.24, 2.45) is 0 Å². The average molecular weight is 250 g/mol. The van der Waals surface area contributed by atoms with Crippen molar-refractivity contribution < 1.29 is 14.5 Å². The van der Waals surface area contributed by atoms with Crippen molar-refractivity contribution in [1.29, 1.82) is 0 Å². The van der Waals surface area contributed by atoms with Gasteiger partial charge in [-0.05, 0) is 26.0 Å². The molecule has 18 heavy (non-hydrogen) atoms. The predicted molar refractivity (Wildman–Crippen MR) is 67.1 cm³/mol. The van der Waals surface area contributed by atoms with Crippen LogP contribution in [0.3, 0.4) is 0 Å². The lowest BCUT2D eigenvalue weighted by Crippen LogP contribution is -2.04. The number of anilines is 1. The summed E-state index contributed by atoms with van der Waals surface area (Å²) in [5, 5.41) is 13.4. The van der Waals surface area contributed by atoms with Gasteiger partial charge in [0.1, 0.15) is 0 Å². The van der Waals surface area contributed by atoms with Gasteiger partial charge < -0.3 is 10.1 Å². The Bertz CT molecular complexity index is 465. The molecule has 0 bridgehead atoms. The van der Waals surface area contributed by atoms with Gasteiger partial charge in [0.2, 0.25) is 0 Å². The first-order valence-corrected chi connectivity index (χ1v) is 5.39. The number of nitrogens with one attached hydrogen (secondary N) is 1. The van der Waals surface area contributed by atoms with Crippen LogP contribution in [0.1, 0.15) is 13.8 Å². The number of carbonyl (C=O) groups excluding carboxylic acids is 1. The summed E-state index contributed by atoms with van der Waals surface area (Å²) < 4.78 is 4.76. The van der Waals surface area contributed by atoms with E-state index in [9.17, 15) is 14.9 Å². The van der Waals surface area contributed by atoms with Crippen molar-refractivity contribution in [3.8, 4) is 0 Å². The first-order valence-electron chi connectivity index (χ1n) is 5.39. The number of nitrogens with zero attached hydrogens (tertiary/aromatic N) is 1. The molecule has 0 saturated carbocycles. The number of rotatable bonds is 5. The summed E-state index contributed by atoms with van der Waals surface area (Å²) in [5.41, 5.74) is 1.29. The molecule has 0 aliphatic rings. The van der Waals surface area contributed by atoms with E-state index in [-0.39, 0.29) is 5.69 Å². The summed E-state index contributed by atoms with van der Waals surface area (Å²) in [4.78, 5) is 21.2. The number of hydrogen-bond acceptors (Lipinski definition) is 5. The van der Waals surface area contributed by atoms with E-state index >= 15 is 0 Å². The number of carbonyl (C=O) groups is 1. The molecule has 0 amide bonds. The third-order valence-electron chi connectivity index (χ3n) is 2.04. The summed E-state index contributed by atoms with van der Waals surface area (Å²) in [6.07, 6.45) is 1.32. The van der Waals surface area contributed by atoms with Gasteiger partial charge in [-0.1, -0.05) is 0 Å². The Morgan fingerprint density at radius 3 is 2.56 bits per heavy atom. The second-order valence-corrected chi connectivity index (χ2v) is 3.51. The minimum atomic E-state index is -0.467. The molecule has 0 fully saturated rings. The van der Waals surface area contributed by atoms with Crippen LogP contribution >= 0.6 is 0 Å². The van der Waals surface area contributed by atoms with E-state index in [4.69, 9.17) is 4.74 Å². The molecular formula is C12H14N2O4. The van der Waals surface area contributed by atoms with Crippen molar-refractivity contribution >= 4 is 17.3 Å². The molecule has 6 heteroatoms. The van der Waals surface area contributed by atoms with Crippen LogP contribution in [0.2, 0.25) is 0 Å². The van der Waals surface area contributed by atoms with Gasteiger partial charge in [-0.3, -0.25) is 10.1 Å². The van der Waals surface area contributed by atoms with Crippen molar-refractivity contribution in [1.82, 2.24) is 0 Å². The highest BCUT2D eigenvalue weighted by Crippen LogP contribution is 2.16. The maximum absolute atomic E-state index is 11.2. The third kappa shape index (κ3) is 4.25. The van der Waals surface area contributed by atoms with Crippen LogP contribution < -0.4 is 5.32 Å². The average Bonchev–Trinajstić information content (AvgIpc) is 2.29. The molecule has 0 radical (unpaired) electrons. The number of allylic oxidation sites excluding steroid dienone is 1. The molecule has 0 aromatic heterocycles. The Morgan fingerprint density at radius 1 is 1.44 bits per heavy atom. The van der Waals surface area contributed by atoms with E-state index in [1.807, 2.05) is 0 Å². The normalized spacial score (nSPS) is 10.9. The van der Waals surface area contributed by atoms with Crippen molar-refractivity contribution in [3.05, 3.63) is 46.2 Å². The molecule has 1 N–H and O–H groups in total. The highest BCUT2D eigenvalue weighted by atomic mass is 16.6. The predicted octanol–water partition coefficient (Wildman–Crippen LogP) is 2.47. The summed E-state index contributed by atoms with van der Waals surface area (Å²) >= 11 is 0. The second-order valence-electron chi connectivity index (χ2n) is 3.51. The third-order valence-corrected chi connectivity index (χ3v) is 2.04. The van der Waals surface area contributed by atoms with Gasteiger partial charge in [-0.25, -0.2) is 4.79 Å². The van der Waals surface area contributed by atoms with Crippen LogP contribution in [0.4, 0.5) is 11.4 Å². The molecule has 1 aromatic carbocycles. The first-order chi connectivity index (χ1) is 8.52. The quantitative estimate of drug-likeness (QED) is 0.375. The highest BCUT2D eigenvalue weighted by molar-refractivity contribution is 5.83. The van der Waals surface area contributed by atoms with Crippen LogP contribution in [0, 0.1) is 10.1 Å². The van der Waals surface area contributed by atoms with Gasteiger partial charge in [-0.15, -0.1) is 0 Å². The Morgan fingerprint density at radius 2 is 2.06 bits per heavy atom. The zero-order valence-corrected chi connectivity index (χ0v) is 10.2. The fraction of sp³-hybridized carbons (Fsp3) is 0.250. The second kappa shape index (κ2) is 6.39. The van der Waals surface area contributed by atoms with Crippen molar-refractivity contribution in [2.45, 2.75) is 13.8 Å². The summed E-state index contributed by atoms with van der Waals surface area (Å²) in [7, 11) is 0. The molecule has 6 nitrogen and oxygen atoms in total. The monoisotopic (exact) mass is 250 g/mol. The molecule has 0 heterocycles. The van der Waals surface area contributed by atoms with Gasteiger partial charge >= 0.3 is 5.97 Å². The standard InChI is InChI=1S/C12H14N2O4/c1-3-18-12(15)8-9(2)13-10-4-6-11(7-5-10)14(16)17/h4-8,13H,3H2,1-2H3/b9-8-. The fourth-order valence-corrected chi connectivity index (χ4v) is 1.29. The van der Waals surface area contributed by atoms with Gasteiger partial charge in [-0.2, -0.15) is 0 Å². The number of hydrogen-bond donors (Lipinski definition) is 1. The van der Waals surface area contributed by atoms with Crippen LogP contribution in [-0.4, -0.2) is 17.5 Å². The van der Waals surface area contributed by atoms with E-state index < -0.39 is 10.9 Å². The van der Waals surface area contributed by atoms with Gasteiger partial charge in [0.15, 0.2) is 0 Å². The zero-order chi connectivity index (χ0) is 13.5. The largest absolute Gasteiger partial charge is 0.463 e. The molecule has 0 spiro atoms. The summed E-state index contributed by atoms with van der Waals surface area (Å²) in [5.74, 6) is -0.426.